The first kappa shape index (κ1) is 16.8. The van der Waals surface area contributed by atoms with Crippen molar-refractivity contribution in [3.8, 4) is 11.5 Å². The van der Waals surface area contributed by atoms with Gasteiger partial charge in [-0.2, -0.15) is 0 Å². The van der Waals surface area contributed by atoms with Gasteiger partial charge in [0.1, 0.15) is 13.2 Å². The number of nitrogens with one attached hydrogen (secondary N) is 1. The number of carbonyl (C=O) groups excluding carboxylic acids is 1. The average molecular weight is 341 g/mol. The van der Waals surface area contributed by atoms with Crippen molar-refractivity contribution < 1.29 is 24.2 Å². The molecule has 6 nitrogen and oxygen atoms in total. The summed E-state index contributed by atoms with van der Waals surface area (Å²) >= 11 is 0. The number of carboxylic acid groups (broad SMARTS) is 1. The van der Waals surface area contributed by atoms with Crippen molar-refractivity contribution in [3.05, 3.63) is 59.7 Å². The Hall–Kier alpha value is -3.02. The van der Waals surface area contributed by atoms with Gasteiger partial charge >= 0.3 is 5.97 Å². The summed E-state index contributed by atoms with van der Waals surface area (Å²) in [5, 5.41) is 11.9. The molecule has 2 aromatic carbocycles. The van der Waals surface area contributed by atoms with Gasteiger partial charge in [-0.3, -0.25) is 9.59 Å². The number of hydrogen-bond acceptors (Lipinski definition) is 4. The number of aliphatic carboxylic acids is 1. The number of fused-ring (bicyclic) bond motifs is 1. The van der Waals surface area contributed by atoms with Crippen LogP contribution in [0, 0.1) is 0 Å². The van der Waals surface area contributed by atoms with Crippen molar-refractivity contribution in [3.63, 3.8) is 0 Å². The highest BCUT2D eigenvalue weighted by atomic mass is 16.6. The van der Waals surface area contributed by atoms with Crippen molar-refractivity contribution in [2.24, 2.45) is 0 Å². The third-order valence-electron chi connectivity index (χ3n) is 3.96. The predicted octanol–water partition coefficient (Wildman–Crippen LogP) is 2.79. The molecule has 1 amide bonds. The molecule has 25 heavy (non-hydrogen) atoms. The van der Waals surface area contributed by atoms with Crippen LogP contribution in [0.4, 0.5) is 0 Å². The molecule has 0 saturated carbocycles. The van der Waals surface area contributed by atoms with E-state index < -0.39 is 5.97 Å². The van der Waals surface area contributed by atoms with Crippen LogP contribution in [0.3, 0.4) is 0 Å². The molecule has 1 atom stereocenters. The number of ether oxygens (including phenoxy) is 2. The van der Waals surface area contributed by atoms with E-state index >= 15 is 0 Å². The summed E-state index contributed by atoms with van der Waals surface area (Å²) in [7, 11) is 0. The summed E-state index contributed by atoms with van der Waals surface area (Å²) in [6.07, 6.45) is 0.288. The highest BCUT2D eigenvalue weighted by molar-refractivity contribution is 5.95. The fourth-order valence-corrected chi connectivity index (χ4v) is 2.70. The van der Waals surface area contributed by atoms with E-state index in [1.54, 1.807) is 18.2 Å². The summed E-state index contributed by atoms with van der Waals surface area (Å²) in [5.74, 6) is -0.0142. The molecule has 2 aromatic rings. The van der Waals surface area contributed by atoms with Crippen LogP contribution in [0.15, 0.2) is 48.5 Å². The van der Waals surface area contributed by atoms with E-state index in [2.05, 4.69) is 5.32 Å². The Morgan fingerprint density at radius 2 is 1.76 bits per heavy atom. The zero-order chi connectivity index (χ0) is 17.6. The first-order valence-electron chi connectivity index (χ1n) is 8.11. The number of benzene rings is 2. The van der Waals surface area contributed by atoms with Gasteiger partial charge in [-0.15, -0.1) is 0 Å². The zero-order valence-electron chi connectivity index (χ0n) is 13.6. The number of carboxylic acids is 1. The molecule has 1 aliphatic rings. The zero-order valence-corrected chi connectivity index (χ0v) is 13.6. The molecule has 1 unspecified atom stereocenters. The van der Waals surface area contributed by atoms with Crippen LogP contribution in [0.1, 0.15) is 34.8 Å². The van der Waals surface area contributed by atoms with Gasteiger partial charge in [0.25, 0.3) is 5.91 Å². The van der Waals surface area contributed by atoms with Crippen molar-refractivity contribution in [2.45, 2.75) is 18.9 Å². The minimum atomic E-state index is -0.894. The maximum absolute atomic E-state index is 12.6. The SMILES string of the molecule is O=C(O)CCC(NC(=O)c1ccc2c(c1)OCCO2)c1ccccc1. The molecule has 0 aromatic heterocycles. The lowest BCUT2D eigenvalue weighted by molar-refractivity contribution is -0.137. The van der Waals surface area contributed by atoms with Crippen molar-refractivity contribution >= 4 is 11.9 Å². The fraction of sp³-hybridized carbons (Fsp3) is 0.263. The average Bonchev–Trinajstić information content (AvgIpc) is 2.65. The van der Waals surface area contributed by atoms with Gasteiger partial charge in [-0.1, -0.05) is 30.3 Å². The van der Waals surface area contributed by atoms with Crippen LogP contribution < -0.4 is 14.8 Å². The van der Waals surface area contributed by atoms with E-state index in [0.717, 1.165) is 5.56 Å². The molecule has 2 N–H and O–H groups in total. The van der Waals surface area contributed by atoms with Gasteiger partial charge in [0, 0.05) is 12.0 Å². The second kappa shape index (κ2) is 7.70. The van der Waals surface area contributed by atoms with Crippen molar-refractivity contribution in [1.29, 1.82) is 0 Å². The monoisotopic (exact) mass is 341 g/mol. The van der Waals surface area contributed by atoms with Crippen LogP contribution in [-0.4, -0.2) is 30.2 Å². The number of rotatable bonds is 6. The van der Waals surface area contributed by atoms with Crippen LogP contribution in [0.5, 0.6) is 11.5 Å². The molecule has 1 heterocycles. The molecule has 0 bridgehead atoms. The van der Waals surface area contributed by atoms with Crippen LogP contribution in [0.25, 0.3) is 0 Å². The Morgan fingerprint density at radius 3 is 2.48 bits per heavy atom. The normalized spacial score (nSPS) is 13.8. The largest absolute Gasteiger partial charge is 0.486 e. The summed E-state index contributed by atoms with van der Waals surface area (Å²) in [5.41, 5.74) is 1.31. The van der Waals surface area contributed by atoms with Crippen LogP contribution in [0.2, 0.25) is 0 Å². The van der Waals surface area contributed by atoms with E-state index in [4.69, 9.17) is 14.6 Å². The Balaban J connectivity index is 1.76. The lowest BCUT2D eigenvalue weighted by Crippen LogP contribution is -2.29. The molecular weight excluding hydrogens is 322 g/mol. The van der Waals surface area contributed by atoms with Gasteiger partial charge in [-0.25, -0.2) is 0 Å². The minimum absolute atomic E-state index is 0.0268. The third kappa shape index (κ3) is 4.29. The molecule has 130 valence electrons. The second-order valence-electron chi connectivity index (χ2n) is 5.73. The maximum Gasteiger partial charge on any atom is 0.303 e. The van der Waals surface area contributed by atoms with E-state index in [9.17, 15) is 9.59 Å². The van der Waals surface area contributed by atoms with Crippen LogP contribution >= 0.6 is 0 Å². The summed E-state index contributed by atoms with van der Waals surface area (Å²) < 4.78 is 11.0. The van der Waals surface area contributed by atoms with E-state index in [1.165, 1.54) is 0 Å². The van der Waals surface area contributed by atoms with Crippen molar-refractivity contribution in [2.75, 3.05) is 13.2 Å². The number of amides is 1. The molecule has 6 heteroatoms. The summed E-state index contributed by atoms with van der Waals surface area (Å²) in [6, 6.07) is 14.0. The van der Waals surface area contributed by atoms with Gasteiger partial charge in [-0.05, 0) is 30.2 Å². The second-order valence-corrected chi connectivity index (χ2v) is 5.73. The molecule has 0 fully saturated rings. The number of hydrogen-bond donors (Lipinski definition) is 2. The summed E-state index contributed by atoms with van der Waals surface area (Å²) in [4.78, 5) is 23.5. The number of carbonyl (C=O) groups is 2. The lowest BCUT2D eigenvalue weighted by Gasteiger charge is -2.21. The smallest absolute Gasteiger partial charge is 0.303 e. The summed E-state index contributed by atoms with van der Waals surface area (Å²) in [6.45, 7) is 0.938. The van der Waals surface area contributed by atoms with Gasteiger partial charge in [0.15, 0.2) is 11.5 Å². The first-order valence-corrected chi connectivity index (χ1v) is 8.11. The fourth-order valence-electron chi connectivity index (χ4n) is 2.70. The van der Waals surface area contributed by atoms with Gasteiger partial charge in [0.05, 0.1) is 6.04 Å². The quantitative estimate of drug-likeness (QED) is 0.844. The standard InChI is InChI=1S/C19H19NO5/c21-18(22)9-7-15(13-4-2-1-3-5-13)20-19(23)14-6-8-16-17(12-14)25-11-10-24-16/h1-6,8,12,15H,7,9-11H2,(H,20,23)(H,21,22). The minimum Gasteiger partial charge on any atom is -0.486 e. The van der Waals surface area contributed by atoms with Gasteiger partial charge in [0.2, 0.25) is 0 Å². The Labute approximate surface area is 145 Å². The maximum atomic E-state index is 12.6. The Kier molecular flexibility index (Phi) is 5.18. The third-order valence-corrected chi connectivity index (χ3v) is 3.96. The van der Waals surface area contributed by atoms with E-state index in [-0.39, 0.29) is 18.4 Å². The molecule has 0 saturated heterocycles. The predicted molar refractivity (Wildman–Crippen MR) is 91.0 cm³/mol. The highest BCUT2D eigenvalue weighted by Crippen LogP contribution is 2.31. The lowest BCUT2D eigenvalue weighted by atomic mass is 10.0. The Morgan fingerprint density at radius 1 is 1.04 bits per heavy atom. The first-order chi connectivity index (χ1) is 12.1. The molecule has 0 radical (unpaired) electrons. The topological polar surface area (TPSA) is 84.9 Å². The Bertz CT molecular complexity index is 760. The van der Waals surface area contributed by atoms with E-state index in [0.29, 0.717) is 36.7 Å². The van der Waals surface area contributed by atoms with Crippen LogP contribution in [-0.2, 0) is 4.79 Å². The van der Waals surface area contributed by atoms with Crippen molar-refractivity contribution in [1.82, 2.24) is 5.32 Å². The molecule has 0 aliphatic carbocycles. The van der Waals surface area contributed by atoms with E-state index in [1.807, 2.05) is 30.3 Å². The highest BCUT2D eigenvalue weighted by Gasteiger charge is 2.19. The molecular formula is C19H19NO5. The molecule has 1 aliphatic heterocycles. The molecule has 0 spiro atoms. The van der Waals surface area contributed by atoms with Gasteiger partial charge < -0.3 is 19.9 Å². The molecule has 3 rings (SSSR count).